The van der Waals surface area contributed by atoms with E-state index in [2.05, 4.69) is 21.9 Å². The molecule has 1 aromatic carbocycles. The summed E-state index contributed by atoms with van der Waals surface area (Å²) in [6, 6.07) is 5.42. The minimum Gasteiger partial charge on any atom is -0.355 e. The SMILES string of the molecule is C=CCNS(=O)(=O)c1ccc(C(=O)NCC(=O)NCC)cc1. The fraction of sp³-hybridized carbons (Fsp3) is 0.286. The van der Waals surface area contributed by atoms with Gasteiger partial charge < -0.3 is 10.6 Å². The van der Waals surface area contributed by atoms with Crippen LogP contribution < -0.4 is 15.4 Å². The van der Waals surface area contributed by atoms with Gasteiger partial charge in [-0.2, -0.15) is 0 Å². The number of carbonyl (C=O) groups excluding carboxylic acids is 2. The van der Waals surface area contributed by atoms with E-state index in [1.165, 1.54) is 30.3 Å². The summed E-state index contributed by atoms with van der Waals surface area (Å²) in [5.74, 6) is -0.738. The number of hydrogen-bond acceptors (Lipinski definition) is 4. The number of benzene rings is 1. The van der Waals surface area contributed by atoms with E-state index >= 15 is 0 Å². The smallest absolute Gasteiger partial charge is 0.251 e. The molecule has 0 aliphatic rings. The van der Waals surface area contributed by atoms with Gasteiger partial charge in [-0.3, -0.25) is 9.59 Å². The van der Waals surface area contributed by atoms with E-state index in [9.17, 15) is 18.0 Å². The fourth-order valence-corrected chi connectivity index (χ4v) is 2.56. The molecule has 1 aromatic rings. The number of nitrogens with one attached hydrogen (secondary N) is 3. The zero-order valence-corrected chi connectivity index (χ0v) is 13.1. The quantitative estimate of drug-likeness (QED) is 0.586. The number of carbonyl (C=O) groups is 2. The lowest BCUT2D eigenvalue weighted by molar-refractivity contribution is -0.120. The molecule has 0 bridgehead atoms. The molecule has 0 radical (unpaired) electrons. The molecule has 1 rings (SSSR count). The maximum absolute atomic E-state index is 11.8. The molecule has 22 heavy (non-hydrogen) atoms. The van der Waals surface area contributed by atoms with Crippen LogP contribution in [0.5, 0.6) is 0 Å². The predicted molar refractivity (Wildman–Crippen MR) is 82.8 cm³/mol. The molecule has 120 valence electrons. The van der Waals surface area contributed by atoms with Crippen molar-refractivity contribution in [2.45, 2.75) is 11.8 Å². The third-order valence-corrected chi connectivity index (χ3v) is 4.07. The van der Waals surface area contributed by atoms with Crippen molar-refractivity contribution in [2.24, 2.45) is 0 Å². The predicted octanol–water partition coefficient (Wildman–Crippen LogP) is 0.0168. The van der Waals surface area contributed by atoms with E-state index in [4.69, 9.17) is 0 Å². The van der Waals surface area contributed by atoms with Crippen molar-refractivity contribution >= 4 is 21.8 Å². The third kappa shape index (κ3) is 5.30. The minimum atomic E-state index is -3.62. The van der Waals surface area contributed by atoms with E-state index in [-0.39, 0.29) is 29.5 Å². The minimum absolute atomic E-state index is 0.0506. The highest BCUT2D eigenvalue weighted by Gasteiger charge is 2.14. The van der Waals surface area contributed by atoms with Gasteiger partial charge in [-0.25, -0.2) is 13.1 Å². The fourth-order valence-electron chi connectivity index (χ4n) is 1.56. The molecule has 0 aliphatic heterocycles. The molecular weight excluding hydrogens is 306 g/mol. The molecule has 0 fully saturated rings. The lowest BCUT2D eigenvalue weighted by Crippen LogP contribution is -2.36. The first-order valence-electron chi connectivity index (χ1n) is 6.66. The van der Waals surface area contributed by atoms with Crippen LogP contribution in [0.15, 0.2) is 41.8 Å². The topological polar surface area (TPSA) is 104 Å². The first-order valence-corrected chi connectivity index (χ1v) is 8.14. The lowest BCUT2D eigenvalue weighted by atomic mass is 10.2. The average Bonchev–Trinajstić information content (AvgIpc) is 2.51. The van der Waals surface area contributed by atoms with Crippen LogP contribution in [0.2, 0.25) is 0 Å². The van der Waals surface area contributed by atoms with Gasteiger partial charge in [-0.1, -0.05) is 6.08 Å². The van der Waals surface area contributed by atoms with Gasteiger partial charge in [0.15, 0.2) is 0 Å². The van der Waals surface area contributed by atoms with Crippen molar-refractivity contribution in [3.05, 3.63) is 42.5 Å². The molecular formula is C14H19N3O4S. The van der Waals surface area contributed by atoms with Crippen LogP contribution in [-0.2, 0) is 14.8 Å². The van der Waals surface area contributed by atoms with Crippen molar-refractivity contribution < 1.29 is 18.0 Å². The Hall–Kier alpha value is -2.19. The van der Waals surface area contributed by atoms with Crippen LogP contribution >= 0.6 is 0 Å². The molecule has 0 atom stereocenters. The van der Waals surface area contributed by atoms with Gasteiger partial charge in [0.25, 0.3) is 5.91 Å². The molecule has 0 spiro atoms. The second-order valence-electron chi connectivity index (χ2n) is 4.30. The van der Waals surface area contributed by atoms with Crippen molar-refractivity contribution in [1.82, 2.24) is 15.4 Å². The number of amides is 2. The van der Waals surface area contributed by atoms with E-state index in [0.29, 0.717) is 6.54 Å². The number of hydrogen-bond donors (Lipinski definition) is 3. The Morgan fingerprint density at radius 3 is 2.36 bits per heavy atom. The van der Waals surface area contributed by atoms with Gasteiger partial charge in [0.2, 0.25) is 15.9 Å². The Balaban J connectivity index is 2.70. The maximum Gasteiger partial charge on any atom is 0.251 e. The van der Waals surface area contributed by atoms with Gasteiger partial charge in [-0.15, -0.1) is 6.58 Å². The van der Waals surface area contributed by atoms with Crippen LogP contribution in [0.4, 0.5) is 0 Å². The average molecular weight is 325 g/mol. The summed E-state index contributed by atoms with van der Waals surface area (Å²) < 4.78 is 26.0. The van der Waals surface area contributed by atoms with Gasteiger partial charge >= 0.3 is 0 Å². The first-order chi connectivity index (χ1) is 10.4. The van der Waals surface area contributed by atoms with Crippen LogP contribution in [0.25, 0.3) is 0 Å². The first kappa shape index (κ1) is 17.9. The van der Waals surface area contributed by atoms with Gasteiger partial charge in [0, 0.05) is 18.7 Å². The van der Waals surface area contributed by atoms with Crippen molar-refractivity contribution in [2.75, 3.05) is 19.6 Å². The van der Waals surface area contributed by atoms with Gasteiger partial charge in [0.05, 0.1) is 11.4 Å². The third-order valence-electron chi connectivity index (χ3n) is 2.63. The molecule has 8 heteroatoms. The second-order valence-corrected chi connectivity index (χ2v) is 6.07. The van der Waals surface area contributed by atoms with Crippen LogP contribution in [-0.4, -0.2) is 39.9 Å². The summed E-state index contributed by atoms with van der Waals surface area (Å²) in [5, 5.41) is 5.00. The van der Waals surface area contributed by atoms with E-state index in [0.717, 1.165) is 0 Å². The molecule has 3 N–H and O–H groups in total. The summed E-state index contributed by atoms with van der Waals surface area (Å²) >= 11 is 0. The molecule has 2 amide bonds. The highest BCUT2D eigenvalue weighted by atomic mass is 32.2. The summed E-state index contributed by atoms with van der Waals surface area (Å²) in [6.45, 7) is 5.68. The van der Waals surface area contributed by atoms with Crippen molar-refractivity contribution in [1.29, 1.82) is 0 Å². The zero-order chi connectivity index (χ0) is 16.6. The molecule has 0 saturated heterocycles. The van der Waals surface area contributed by atoms with E-state index < -0.39 is 15.9 Å². The maximum atomic E-state index is 11.8. The largest absolute Gasteiger partial charge is 0.355 e. The molecule has 0 unspecified atom stereocenters. The van der Waals surface area contributed by atoms with Gasteiger partial charge in [-0.05, 0) is 31.2 Å². The summed E-state index contributed by atoms with van der Waals surface area (Å²) in [7, 11) is -3.62. The van der Waals surface area contributed by atoms with E-state index in [1.54, 1.807) is 6.92 Å². The summed E-state index contributed by atoms with van der Waals surface area (Å²) in [4.78, 5) is 23.1. The number of sulfonamides is 1. The molecule has 0 heterocycles. The Bertz CT molecular complexity index is 639. The lowest BCUT2D eigenvalue weighted by Gasteiger charge is -2.07. The van der Waals surface area contributed by atoms with Crippen molar-refractivity contribution in [3.63, 3.8) is 0 Å². The normalized spacial score (nSPS) is 10.8. The Morgan fingerprint density at radius 1 is 1.18 bits per heavy atom. The van der Waals surface area contributed by atoms with E-state index in [1.807, 2.05) is 0 Å². The van der Waals surface area contributed by atoms with Crippen LogP contribution in [0.3, 0.4) is 0 Å². The molecule has 7 nitrogen and oxygen atoms in total. The highest BCUT2D eigenvalue weighted by Crippen LogP contribution is 2.10. The van der Waals surface area contributed by atoms with Gasteiger partial charge in [0.1, 0.15) is 0 Å². The summed E-state index contributed by atoms with van der Waals surface area (Å²) in [6.07, 6.45) is 1.43. The second kappa shape index (κ2) is 8.30. The van der Waals surface area contributed by atoms with Crippen molar-refractivity contribution in [3.8, 4) is 0 Å². The Kier molecular flexibility index (Phi) is 6.74. The Morgan fingerprint density at radius 2 is 1.82 bits per heavy atom. The standard InChI is InChI=1S/C14H19N3O4S/c1-3-9-17-22(20,21)12-7-5-11(6-8-12)14(19)16-10-13(18)15-4-2/h3,5-8,17H,1,4,9-10H2,2H3,(H,15,18)(H,16,19). The zero-order valence-electron chi connectivity index (χ0n) is 12.3. The summed E-state index contributed by atoms with van der Waals surface area (Å²) in [5.41, 5.74) is 0.270. The monoisotopic (exact) mass is 325 g/mol. The molecule has 0 aliphatic carbocycles. The Labute approximate surface area is 129 Å². The van der Waals surface area contributed by atoms with Crippen LogP contribution in [0, 0.1) is 0 Å². The number of likely N-dealkylation sites (N-methyl/N-ethyl adjacent to an activating group) is 1. The highest BCUT2D eigenvalue weighted by molar-refractivity contribution is 7.89. The molecule has 0 saturated carbocycles. The molecule has 0 aromatic heterocycles. The number of rotatable bonds is 8. The van der Waals surface area contributed by atoms with Crippen LogP contribution in [0.1, 0.15) is 17.3 Å².